The van der Waals surface area contributed by atoms with Crippen molar-refractivity contribution in [1.29, 1.82) is 0 Å². The van der Waals surface area contributed by atoms with Crippen LogP contribution in [0.15, 0.2) is 12.1 Å². The first kappa shape index (κ1) is 10.5. The second-order valence-electron chi connectivity index (χ2n) is 4.62. The maximum atomic E-state index is 5.81. The van der Waals surface area contributed by atoms with E-state index in [1.165, 1.54) is 16.7 Å². The predicted octanol–water partition coefficient (Wildman–Crippen LogP) is 2.52. The Morgan fingerprint density at radius 1 is 1.20 bits per heavy atom. The fourth-order valence-corrected chi connectivity index (χ4v) is 2.48. The summed E-state index contributed by atoms with van der Waals surface area (Å²) >= 11 is 0. The molecule has 2 heteroatoms. The zero-order valence-electron chi connectivity index (χ0n) is 9.71. The van der Waals surface area contributed by atoms with Crippen molar-refractivity contribution in [3.63, 3.8) is 0 Å². The van der Waals surface area contributed by atoms with Gasteiger partial charge in [-0.15, -0.1) is 0 Å². The molecular formula is C13H19NO. The lowest BCUT2D eigenvalue weighted by molar-refractivity contribution is 0.350. The van der Waals surface area contributed by atoms with Gasteiger partial charge in [0.05, 0.1) is 7.11 Å². The van der Waals surface area contributed by atoms with E-state index in [4.69, 9.17) is 10.5 Å². The van der Waals surface area contributed by atoms with E-state index in [0.717, 1.165) is 18.6 Å². The molecule has 2 rings (SSSR count). The fraction of sp³-hybridized carbons (Fsp3) is 0.538. The van der Waals surface area contributed by atoms with Gasteiger partial charge in [0.2, 0.25) is 0 Å². The monoisotopic (exact) mass is 205 g/mol. The summed E-state index contributed by atoms with van der Waals surface area (Å²) in [5.41, 5.74) is 9.70. The molecule has 15 heavy (non-hydrogen) atoms. The molecule has 1 aromatic rings. The second kappa shape index (κ2) is 3.86. The summed E-state index contributed by atoms with van der Waals surface area (Å²) in [6.45, 7) is 4.21. The number of nitrogens with two attached hydrogens (primary N) is 1. The van der Waals surface area contributed by atoms with E-state index >= 15 is 0 Å². The molecule has 0 radical (unpaired) electrons. The van der Waals surface area contributed by atoms with Crippen LogP contribution in [-0.4, -0.2) is 13.2 Å². The Morgan fingerprint density at radius 2 is 1.73 bits per heavy atom. The third-order valence-corrected chi connectivity index (χ3v) is 3.33. The molecule has 1 aliphatic rings. The molecule has 1 saturated carbocycles. The van der Waals surface area contributed by atoms with Gasteiger partial charge >= 0.3 is 0 Å². The lowest BCUT2D eigenvalue weighted by Crippen LogP contribution is -2.34. The zero-order valence-corrected chi connectivity index (χ0v) is 9.71. The number of rotatable bonds is 2. The number of methoxy groups -OCH3 is 1. The molecule has 0 heterocycles. The molecule has 0 aliphatic heterocycles. The summed E-state index contributed by atoms with van der Waals surface area (Å²) in [5, 5.41) is 0. The van der Waals surface area contributed by atoms with Crippen molar-refractivity contribution < 1.29 is 4.74 Å². The van der Waals surface area contributed by atoms with E-state index < -0.39 is 0 Å². The maximum absolute atomic E-state index is 5.81. The van der Waals surface area contributed by atoms with Gasteiger partial charge in [-0.2, -0.15) is 0 Å². The van der Waals surface area contributed by atoms with Crippen LogP contribution < -0.4 is 10.5 Å². The van der Waals surface area contributed by atoms with Crippen LogP contribution in [0.3, 0.4) is 0 Å². The minimum atomic E-state index is 0.415. The summed E-state index contributed by atoms with van der Waals surface area (Å²) in [7, 11) is 1.73. The van der Waals surface area contributed by atoms with Gasteiger partial charge in [0.25, 0.3) is 0 Å². The van der Waals surface area contributed by atoms with Gasteiger partial charge in [0, 0.05) is 6.04 Å². The summed E-state index contributed by atoms with van der Waals surface area (Å²) in [5.74, 6) is 1.69. The number of benzene rings is 1. The molecule has 0 saturated heterocycles. The summed E-state index contributed by atoms with van der Waals surface area (Å²) in [6.07, 6.45) is 2.26. The van der Waals surface area contributed by atoms with E-state index in [-0.39, 0.29) is 0 Å². The van der Waals surface area contributed by atoms with Crippen LogP contribution in [0, 0.1) is 13.8 Å². The highest BCUT2D eigenvalue weighted by Gasteiger charge is 2.27. The van der Waals surface area contributed by atoms with Gasteiger partial charge in [0.15, 0.2) is 0 Å². The zero-order chi connectivity index (χ0) is 11.0. The fourth-order valence-electron chi connectivity index (χ4n) is 2.48. The minimum absolute atomic E-state index is 0.415. The average Bonchev–Trinajstić information content (AvgIpc) is 2.12. The molecule has 2 nitrogen and oxygen atoms in total. The first-order chi connectivity index (χ1) is 7.11. The predicted molar refractivity (Wildman–Crippen MR) is 62.4 cm³/mol. The van der Waals surface area contributed by atoms with Crippen LogP contribution in [-0.2, 0) is 0 Å². The number of hydrogen-bond donors (Lipinski definition) is 1. The highest BCUT2D eigenvalue weighted by atomic mass is 16.5. The highest BCUT2D eigenvalue weighted by molar-refractivity contribution is 5.44. The summed E-state index contributed by atoms with van der Waals surface area (Å²) < 4.78 is 5.36. The Balaban J connectivity index is 2.27. The Morgan fingerprint density at radius 3 is 2.13 bits per heavy atom. The van der Waals surface area contributed by atoms with Crippen LogP contribution >= 0.6 is 0 Å². The van der Waals surface area contributed by atoms with Crippen molar-refractivity contribution in [2.75, 3.05) is 7.11 Å². The average molecular weight is 205 g/mol. The van der Waals surface area contributed by atoms with Gasteiger partial charge in [0.1, 0.15) is 5.75 Å². The molecule has 0 atom stereocenters. The van der Waals surface area contributed by atoms with Crippen LogP contribution in [0.1, 0.15) is 35.4 Å². The maximum Gasteiger partial charge on any atom is 0.124 e. The smallest absolute Gasteiger partial charge is 0.124 e. The Hall–Kier alpha value is -1.02. The standard InChI is InChI=1S/C13H19NO/c1-8-4-10(11-6-12(14)7-11)5-9(2)13(8)15-3/h4-5,11-12H,6-7,14H2,1-3H3. The molecule has 0 spiro atoms. The highest BCUT2D eigenvalue weighted by Crippen LogP contribution is 2.38. The van der Waals surface area contributed by atoms with Gasteiger partial charge in [-0.05, 0) is 49.3 Å². The van der Waals surface area contributed by atoms with Crippen LogP contribution in [0.4, 0.5) is 0 Å². The van der Waals surface area contributed by atoms with Gasteiger partial charge in [-0.1, -0.05) is 12.1 Å². The number of aryl methyl sites for hydroxylation is 2. The van der Waals surface area contributed by atoms with Crippen molar-refractivity contribution in [2.45, 2.75) is 38.6 Å². The van der Waals surface area contributed by atoms with Crippen LogP contribution in [0.25, 0.3) is 0 Å². The third kappa shape index (κ3) is 1.86. The van der Waals surface area contributed by atoms with Gasteiger partial charge < -0.3 is 10.5 Å². The molecule has 1 fully saturated rings. The van der Waals surface area contributed by atoms with Crippen molar-refractivity contribution in [1.82, 2.24) is 0 Å². The molecule has 1 aromatic carbocycles. The topological polar surface area (TPSA) is 35.2 Å². The molecule has 0 unspecified atom stereocenters. The van der Waals surface area contributed by atoms with Crippen LogP contribution in [0.5, 0.6) is 5.75 Å². The molecule has 82 valence electrons. The minimum Gasteiger partial charge on any atom is -0.496 e. The normalized spacial score (nSPS) is 24.8. The molecule has 0 aromatic heterocycles. The number of hydrogen-bond acceptors (Lipinski definition) is 2. The van der Waals surface area contributed by atoms with E-state index in [1.54, 1.807) is 7.11 Å². The van der Waals surface area contributed by atoms with Gasteiger partial charge in [-0.3, -0.25) is 0 Å². The lowest BCUT2D eigenvalue weighted by atomic mass is 9.75. The quantitative estimate of drug-likeness (QED) is 0.805. The first-order valence-corrected chi connectivity index (χ1v) is 5.52. The molecule has 0 amide bonds. The summed E-state index contributed by atoms with van der Waals surface area (Å²) in [4.78, 5) is 0. The van der Waals surface area contributed by atoms with E-state index in [9.17, 15) is 0 Å². The van der Waals surface area contributed by atoms with Gasteiger partial charge in [-0.25, -0.2) is 0 Å². The Bertz CT molecular complexity index is 344. The first-order valence-electron chi connectivity index (χ1n) is 5.52. The second-order valence-corrected chi connectivity index (χ2v) is 4.62. The third-order valence-electron chi connectivity index (χ3n) is 3.33. The van der Waals surface area contributed by atoms with E-state index in [0.29, 0.717) is 12.0 Å². The largest absolute Gasteiger partial charge is 0.496 e. The van der Waals surface area contributed by atoms with Crippen molar-refractivity contribution in [3.8, 4) is 5.75 Å². The SMILES string of the molecule is COc1c(C)cc(C2CC(N)C2)cc1C. The molecular weight excluding hydrogens is 186 g/mol. The molecule has 1 aliphatic carbocycles. The van der Waals surface area contributed by atoms with Crippen molar-refractivity contribution in [2.24, 2.45) is 5.73 Å². The van der Waals surface area contributed by atoms with E-state index in [1.807, 2.05) is 0 Å². The molecule has 0 bridgehead atoms. The Labute approximate surface area is 91.4 Å². The molecule has 2 N–H and O–H groups in total. The van der Waals surface area contributed by atoms with Crippen LogP contribution in [0.2, 0.25) is 0 Å². The number of ether oxygens (including phenoxy) is 1. The Kier molecular flexibility index (Phi) is 2.70. The summed E-state index contributed by atoms with van der Waals surface area (Å²) in [6, 6.07) is 4.89. The van der Waals surface area contributed by atoms with Crippen molar-refractivity contribution in [3.05, 3.63) is 28.8 Å². The lowest BCUT2D eigenvalue weighted by Gasteiger charge is -2.33. The van der Waals surface area contributed by atoms with Crippen molar-refractivity contribution >= 4 is 0 Å². The van der Waals surface area contributed by atoms with E-state index in [2.05, 4.69) is 26.0 Å².